The summed E-state index contributed by atoms with van der Waals surface area (Å²) >= 11 is 0. The highest BCUT2D eigenvalue weighted by Crippen LogP contribution is 2.33. The molecule has 0 unspecified atom stereocenters. The molecule has 0 bridgehead atoms. The number of fused-ring (bicyclic) bond motifs is 1. The quantitative estimate of drug-likeness (QED) is 0.603. The molecule has 4 aromatic rings. The van der Waals surface area contributed by atoms with Crippen molar-refractivity contribution >= 4 is 16.9 Å². The monoisotopic (exact) mass is 328 g/mol. The first kappa shape index (κ1) is 15.1. The van der Waals surface area contributed by atoms with Crippen molar-refractivity contribution in [3.63, 3.8) is 0 Å². The maximum absolute atomic E-state index is 12.9. The van der Waals surface area contributed by atoms with Gasteiger partial charge in [-0.2, -0.15) is 0 Å². The number of nitrogens with zero attached hydrogens (tertiary/aromatic N) is 1. The van der Waals surface area contributed by atoms with Crippen LogP contribution in [0.1, 0.15) is 15.9 Å². The van der Waals surface area contributed by atoms with Gasteiger partial charge >= 0.3 is 0 Å². The third kappa shape index (κ3) is 3.02. The molecule has 122 valence electrons. The lowest BCUT2D eigenvalue weighted by molar-refractivity contribution is 0.0952. The number of benzene rings is 2. The van der Waals surface area contributed by atoms with Gasteiger partial charge in [0.1, 0.15) is 11.3 Å². The summed E-state index contributed by atoms with van der Waals surface area (Å²) in [5.41, 5.74) is 3.15. The lowest BCUT2D eigenvalue weighted by atomic mass is 10.0. The van der Waals surface area contributed by atoms with Gasteiger partial charge in [0.25, 0.3) is 5.91 Å². The Kier molecular flexibility index (Phi) is 4.01. The van der Waals surface area contributed by atoms with Gasteiger partial charge in [-0.1, -0.05) is 48.5 Å². The van der Waals surface area contributed by atoms with Crippen LogP contribution in [0.4, 0.5) is 0 Å². The van der Waals surface area contributed by atoms with Crippen LogP contribution in [0.2, 0.25) is 0 Å². The number of hydrogen-bond acceptors (Lipinski definition) is 3. The fourth-order valence-corrected chi connectivity index (χ4v) is 2.84. The lowest BCUT2D eigenvalue weighted by Crippen LogP contribution is -2.23. The normalized spacial score (nSPS) is 10.7. The number of carbonyl (C=O) groups is 1. The van der Waals surface area contributed by atoms with Crippen molar-refractivity contribution in [3.8, 4) is 11.3 Å². The highest BCUT2D eigenvalue weighted by Gasteiger charge is 2.21. The molecule has 4 nitrogen and oxygen atoms in total. The molecule has 4 heteroatoms. The Morgan fingerprint density at radius 1 is 0.920 bits per heavy atom. The predicted octanol–water partition coefficient (Wildman–Crippen LogP) is 4.42. The van der Waals surface area contributed by atoms with Crippen molar-refractivity contribution in [3.05, 3.63) is 90.3 Å². The van der Waals surface area contributed by atoms with Gasteiger partial charge in [0, 0.05) is 29.9 Å². The first-order valence-electron chi connectivity index (χ1n) is 8.07. The fourth-order valence-electron chi connectivity index (χ4n) is 2.84. The molecule has 0 fully saturated rings. The van der Waals surface area contributed by atoms with Crippen molar-refractivity contribution < 1.29 is 9.21 Å². The van der Waals surface area contributed by atoms with Crippen molar-refractivity contribution in [2.75, 3.05) is 0 Å². The number of aromatic nitrogens is 1. The molecule has 4 rings (SSSR count). The average Bonchev–Trinajstić information content (AvgIpc) is 3.07. The minimum absolute atomic E-state index is 0.152. The SMILES string of the molecule is O=C(NCc1ccncc1)c1c(-c2ccccc2)oc2ccccc12. The van der Waals surface area contributed by atoms with Crippen LogP contribution in [0.25, 0.3) is 22.3 Å². The van der Waals surface area contributed by atoms with Gasteiger partial charge in [-0.25, -0.2) is 0 Å². The number of amides is 1. The van der Waals surface area contributed by atoms with E-state index in [4.69, 9.17) is 4.42 Å². The van der Waals surface area contributed by atoms with Crippen LogP contribution in [-0.2, 0) is 6.54 Å². The van der Waals surface area contributed by atoms with Gasteiger partial charge < -0.3 is 9.73 Å². The number of para-hydroxylation sites is 1. The van der Waals surface area contributed by atoms with E-state index in [0.29, 0.717) is 23.5 Å². The Bertz CT molecular complexity index is 1010. The average molecular weight is 328 g/mol. The smallest absolute Gasteiger partial charge is 0.256 e. The largest absolute Gasteiger partial charge is 0.455 e. The van der Waals surface area contributed by atoms with Crippen LogP contribution < -0.4 is 5.32 Å². The minimum atomic E-state index is -0.152. The molecular weight excluding hydrogens is 312 g/mol. The Morgan fingerprint density at radius 3 is 2.44 bits per heavy atom. The van der Waals surface area contributed by atoms with Crippen molar-refractivity contribution in [1.29, 1.82) is 0 Å². The third-order valence-corrected chi connectivity index (χ3v) is 4.06. The number of nitrogens with one attached hydrogen (secondary N) is 1. The molecule has 0 saturated carbocycles. The molecule has 2 aromatic carbocycles. The number of furan rings is 1. The van der Waals surface area contributed by atoms with Crippen LogP contribution in [0.3, 0.4) is 0 Å². The Balaban J connectivity index is 1.73. The van der Waals surface area contributed by atoms with E-state index in [1.54, 1.807) is 12.4 Å². The van der Waals surface area contributed by atoms with E-state index in [1.165, 1.54) is 0 Å². The number of carbonyl (C=O) groups excluding carboxylic acids is 1. The topological polar surface area (TPSA) is 55.1 Å². The molecule has 1 amide bonds. The summed E-state index contributed by atoms with van der Waals surface area (Å²) in [4.78, 5) is 16.9. The van der Waals surface area contributed by atoms with Gasteiger partial charge in [0.15, 0.2) is 0 Å². The summed E-state index contributed by atoms with van der Waals surface area (Å²) in [6.45, 7) is 0.440. The zero-order valence-corrected chi connectivity index (χ0v) is 13.5. The first-order valence-corrected chi connectivity index (χ1v) is 8.07. The zero-order chi connectivity index (χ0) is 17.1. The molecule has 0 atom stereocenters. The summed E-state index contributed by atoms with van der Waals surface area (Å²) in [5.74, 6) is 0.439. The Hall–Kier alpha value is -3.40. The van der Waals surface area contributed by atoms with E-state index in [2.05, 4.69) is 10.3 Å². The van der Waals surface area contributed by atoms with Crippen LogP contribution in [0.5, 0.6) is 0 Å². The van der Waals surface area contributed by atoms with Gasteiger partial charge in [-0.05, 0) is 23.8 Å². The molecule has 2 heterocycles. The van der Waals surface area contributed by atoms with Crippen LogP contribution in [0.15, 0.2) is 83.5 Å². The van der Waals surface area contributed by atoms with Crippen molar-refractivity contribution in [2.24, 2.45) is 0 Å². The van der Waals surface area contributed by atoms with E-state index in [-0.39, 0.29) is 5.91 Å². The standard InChI is InChI=1S/C21H16N2O2/c24-21(23-14-15-10-12-22-13-11-15)19-17-8-4-5-9-18(17)25-20(19)16-6-2-1-3-7-16/h1-13H,14H2,(H,23,24). The van der Waals surface area contributed by atoms with Crippen molar-refractivity contribution in [2.45, 2.75) is 6.54 Å². The van der Waals surface area contributed by atoms with Crippen molar-refractivity contribution in [1.82, 2.24) is 10.3 Å². The second kappa shape index (κ2) is 6.61. The number of rotatable bonds is 4. The zero-order valence-electron chi connectivity index (χ0n) is 13.5. The minimum Gasteiger partial charge on any atom is -0.455 e. The van der Waals surface area contributed by atoms with Gasteiger partial charge in [-0.3, -0.25) is 9.78 Å². The molecule has 0 aliphatic carbocycles. The summed E-state index contributed by atoms with van der Waals surface area (Å²) in [6.07, 6.45) is 3.42. The third-order valence-electron chi connectivity index (χ3n) is 4.06. The maximum Gasteiger partial charge on any atom is 0.256 e. The van der Waals surface area contributed by atoms with Gasteiger partial charge in [0.05, 0.1) is 5.56 Å². The highest BCUT2D eigenvalue weighted by molar-refractivity contribution is 6.11. The van der Waals surface area contributed by atoms with E-state index in [1.807, 2.05) is 66.7 Å². The molecule has 0 saturated heterocycles. The van der Waals surface area contributed by atoms with E-state index in [9.17, 15) is 4.79 Å². The maximum atomic E-state index is 12.9. The van der Waals surface area contributed by atoms with Crippen LogP contribution >= 0.6 is 0 Å². The summed E-state index contributed by atoms with van der Waals surface area (Å²) in [7, 11) is 0. The second-order valence-corrected chi connectivity index (χ2v) is 5.71. The summed E-state index contributed by atoms with van der Waals surface area (Å²) < 4.78 is 5.99. The van der Waals surface area contributed by atoms with E-state index in [0.717, 1.165) is 16.5 Å². The molecule has 2 aromatic heterocycles. The number of hydrogen-bond donors (Lipinski definition) is 1. The summed E-state index contributed by atoms with van der Waals surface area (Å²) in [6, 6.07) is 21.0. The van der Waals surface area contributed by atoms with Crippen LogP contribution in [0, 0.1) is 0 Å². The van der Waals surface area contributed by atoms with E-state index < -0.39 is 0 Å². The van der Waals surface area contributed by atoms with E-state index >= 15 is 0 Å². The Labute approximate surface area is 145 Å². The predicted molar refractivity (Wildman–Crippen MR) is 97.1 cm³/mol. The highest BCUT2D eigenvalue weighted by atomic mass is 16.3. The number of pyridine rings is 1. The van der Waals surface area contributed by atoms with Crippen LogP contribution in [-0.4, -0.2) is 10.9 Å². The molecule has 1 N–H and O–H groups in total. The van der Waals surface area contributed by atoms with Gasteiger partial charge in [0.2, 0.25) is 0 Å². The molecule has 0 aliphatic heterocycles. The summed E-state index contributed by atoms with van der Waals surface area (Å²) in [5, 5.41) is 3.79. The molecule has 0 aliphatic rings. The lowest BCUT2D eigenvalue weighted by Gasteiger charge is -2.06. The molecule has 0 spiro atoms. The molecular formula is C21H16N2O2. The Morgan fingerprint density at radius 2 is 1.64 bits per heavy atom. The fraction of sp³-hybridized carbons (Fsp3) is 0.0476. The second-order valence-electron chi connectivity index (χ2n) is 5.71. The molecule has 25 heavy (non-hydrogen) atoms. The first-order chi connectivity index (χ1) is 12.3. The van der Waals surface area contributed by atoms with Gasteiger partial charge in [-0.15, -0.1) is 0 Å². The molecule has 0 radical (unpaired) electrons.